The van der Waals surface area contributed by atoms with Gasteiger partial charge in [-0.25, -0.2) is 0 Å². The van der Waals surface area contributed by atoms with E-state index >= 15 is 0 Å². The van der Waals surface area contributed by atoms with Crippen LogP contribution in [0.5, 0.6) is 0 Å². The lowest BCUT2D eigenvalue weighted by molar-refractivity contribution is -0.0404. The van der Waals surface area contributed by atoms with Crippen LogP contribution in [0.15, 0.2) is 0 Å². The Balaban J connectivity index is 2.69. The normalized spacial score (nSPS) is 18.6. The predicted octanol–water partition coefficient (Wildman–Crippen LogP) is 1.82. The molecule has 5 heteroatoms. The van der Waals surface area contributed by atoms with Gasteiger partial charge >= 0.3 is 8.80 Å². The van der Waals surface area contributed by atoms with E-state index in [0.29, 0.717) is 18.8 Å². The first kappa shape index (κ1) is 13.1. The van der Waals surface area contributed by atoms with Crippen LogP contribution in [0.1, 0.15) is 27.7 Å². The van der Waals surface area contributed by atoms with Gasteiger partial charge in [0.2, 0.25) is 0 Å². The summed E-state index contributed by atoms with van der Waals surface area (Å²) in [6.07, 6.45) is 0.243. The van der Waals surface area contributed by atoms with Gasteiger partial charge in [-0.15, -0.1) is 0 Å². The third-order valence-electron chi connectivity index (χ3n) is 2.22. The molecule has 0 spiro atoms. The first-order valence-electron chi connectivity index (χ1n) is 5.48. The van der Waals surface area contributed by atoms with Gasteiger partial charge in [-0.1, -0.05) is 0 Å². The van der Waals surface area contributed by atoms with Crippen molar-refractivity contribution >= 4 is 8.80 Å². The van der Waals surface area contributed by atoms with E-state index in [2.05, 4.69) is 0 Å². The third-order valence-corrected chi connectivity index (χ3v) is 5.72. The van der Waals surface area contributed by atoms with Gasteiger partial charge in [0, 0.05) is 19.3 Å². The fourth-order valence-electron chi connectivity index (χ4n) is 1.58. The molecule has 1 aliphatic heterocycles. The molecule has 0 unspecified atom stereocenters. The average Bonchev–Trinajstić information content (AvgIpc) is 1.97. The zero-order chi connectivity index (χ0) is 11.5. The Kier molecular flexibility index (Phi) is 4.73. The van der Waals surface area contributed by atoms with Crippen LogP contribution in [0.2, 0.25) is 5.54 Å². The van der Waals surface area contributed by atoms with Crippen molar-refractivity contribution in [2.24, 2.45) is 0 Å². The second-order valence-electron chi connectivity index (χ2n) is 4.38. The Bertz CT molecular complexity index is 182. The third kappa shape index (κ3) is 3.25. The van der Waals surface area contributed by atoms with Crippen molar-refractivity contribution in [1.82, 2.24) is 0 Å². The van der Waals surface area contributed by atoms with Crippen LogP contribution in [0.25, 0.3) is 0 Å². The van der Waals surface area contributed by atoms with Gasteiger partial charge in [-0.05, 0) is 27.7 Å². The second-order valence-corrected chi connectivity index (χ2v) is 7.28. The van der Waals surface area contributed by atoms with Crippen LogP contribution in [0.4, 0.5) is 0 Å². The Morgan fingerprint density at radius 1 is 1.07 bits per heavy atom. The largest absolute Gasteiger partial charge is 0.509 e. The highest BCUT2D eigenvalue weighted by molar-refractivity contribution is 6.62. The Morgan fingerprint density at radius 3 is 1.73 bits per heavy atom. The van der Waals surface area contributed by atoms with Gasteiger partial charge in [0.05, 0.1) is 18.8 Å². The molecule has 1 saturated heterocycles. The average molecular weight is 234 g/mol. The summed E-state index contributed by atoms with van der Waals surface area (Å²) in [5.41, 5.74) is 0.298. The van der Waals surface area contributed by atoms with Gasteiger partial charge in [0.1, 0.15) is 0 Å². The van der Waals surface area contributed by atoms with Crippen molar-refractivity contribution in [1.29, 1.82) is 0 Å². The Morgan fingerprint density at radius 2 is 1.53 bits per heavy atom. The number of hydrogen-bond donors (Lipinski definition) is 0. The number of rotatable bonds is 6. The maximum absolute atomic E-state index is 5.92. The highest BCUT2D eigenvalue weighted by Gasteiger charge is 2.53. The van der Waals surface area contributed by atoms with E-state index in [4.69, 9.17) is 18.0 Å². The number of ether oxygens (including phenoxy) is 1. The molecule has 1 aliphatic rings. The van der Waals surface area contributed by atoms with E-state index in [1.807, 2.05) is 27.7 Å². The summed E-state index contributed by atoms with van der Waals surface area (Å²) in [7, 11) is -0.861. The summed E-state index contributed by atoms with van der Waals surface area (Å²) < 4.78 is 22.6. The first-order valence-corrected chi connectivity index (χ1v) is 7.29. The van der Waals surface area contributed by atoms with Crippen molar-refractivity contribution in [3.63, 3.8) is 0 Å². The summed E-state index contributed by atoms with van der Waals surface area (Å²) in [6.45, 7) is 9.40. The van der Waals surface area contributed by atoms with Crippen molar-refractivity contribution in [3.05, 3.63) is 0 Å². The van der Waals surface area contributed by atoms with Crippen LogP contribution in [0.3, 0.4) is 0 Å². The zero-order valence-electron chi connectivity index (χ0n) is 10.3. The lowest BCUT2D eigenvalue weighted by atomic mass is 10.4. The summed E-state index contributed by atoms with van der Waals surface area (Å²) >= 11 is 0. The van der Waals surface area contributed by atoms with Crippen molar-refractivity contribution in [3.8, 4) is 0 Å². The molecule has 0 aromatic heterocycles. The molecule has 0 bridgehead atoms. The molecule has 4 nitrogen and oxygen atoms in total. The van der Waals surface area contributed by atoms with Gasteiger partial charge in [-0.3, -0.25) is 0 Å². The molecule has 0 amide bonds. The van der Waals surface area contributed by atoms with Crippen molar-refractivity contribution in [2.45, 2.75) is 45.4 Å². The van der Waals surface area contributed by atoms with E-state index in [9.17, 15) is 0 Å². The molecule has 0 N–H and O–H groups in total. The van der Waals surface area contributed by atoms with E-state index in [1.165, 1.54) is 0 Å². The van der Waals surface area contributed by atoms with Crippen LogP contribution in [-0.2, 0) is 18.0 Å². The molecular weight excluding hydrogens is 212 g/mol. The molecule has 90 valence electrons. The van der Waals surface area contributed by atoms with Gasteiger partial charge in [0.15, 0.2) is 0 Å². The quantitative estimate of drug-likeness (QED) is 0.657. The molecule has 1 rings (SSSR count). The van der Waals surface area contributed by atoms with Crippen LogP contribution in [-0.4, -0.2) is 41.3 Å². The monoisotopic (exact) mass is 234 g/mol. The molecule has 0 aliphatic carbocycles. The minimum atomic E-state index is -2.54. The summed E-state index contributed by atoms with van der Waals surface area (Å²) in [4.78, 5) is 0. The lowest BCUT2D eigenvalue weighted by Gasteiger charge is -2.41. The molecule has 0 aromatic rings. The smallest absolute Gasteiger partial charge is 0.381 e. The maximum Gasteiger partial charge on any atom is 0.509 e. The van der Waals surface area contributed by atoms with E-state index < -0.39 is 8.80 Å². The van der Waals surface area contributed by atoms with Gasteiger partial charge in [0.25, 0.3) is 0 Å². The van der Waals surface area contributed by atoms with Crippen LogP contribution >= 0.6 is 0 Å². The Labute approximate surface area is 93.2 Å². The van der Waals surface area contributed by atoms with E-state index in [0.717, 1.165) is 0 Å². The molecule has 0 aromatic carbocycles. The SMILES string of the molecule is CO[Si](OC(C)C)(OC(C)C)C1COC1. The maximum atomic E-state index is 5.92. The fraction of sp³-hybridized carbons (Fsp3) is 1.00. The topological polar surface area (TPSA) is 36.9 Å². The molecule has 15 heavy (non-hydrogen) atoms. The van der Waals surface area contributed by atoms with Crippen molar-refractivity contribution < 1.29 is 18.0 Å². The van der Waals surface area contributed by atoms with Gasteiger partial charge in [-0.2, -0.15) is 0 Å². The summed E-state index contributed by atoms with van der Waals surface area (Å²) in [5, 5.41) is 0. The van der Waals surface area contributed by atoms with Crippen LogP contribution < -0.4 is 0 Å². The van der Waals surface area contributed by atoms with E-state index in [1.54, 1.807) is 7.11 Å². The zero-order valence-corrected chi connectivity index (χ0v) is 11.3. The molecular formula is C10H22O4Si. The molecule has 1 heterocycles. The minimum Gasteiger partial charge on any atom is -0.381 e. The lowest BCUT2D eigenvalue weighted by Crippen LogP contribution is -2.57. The highest BCUT2D eigenvalue weighted by atomic mass is 28.4. The Hall–Kier alpha value is 0.0569. The number of hydrogen-bond acceptors (Lipinski definition) is 4. The first-order chi connectivity index (χ1) is 7.00. The van der Waals surface area contributed by atoms with E-state index in [-0.39, 0.29) is 12.2 Å². The predicted molar refractivity (Wildman–Crippen MR) is 59.8 cm³/mol. The molecule has 0 atom stereocenters. The molecule has 0 radical (unpaired) electrons. The van der Waals surface area contributed by atoms with Gasteiger partial charge < -0.3 is 18.0 Å². The second kappa shape index (κ2) is 5.40. The fourth-order valence-corrected chi connectivity index (χ4v) is 4.50. The highest BCUT2D eigenvalue weighted by Crippen LogP contribution is 2.33. The summed E-state index contributed by atoms with van der Waals surface area (Å²) in [5.74, 6) is 0. The van der Waals surface area contributed by atoms with Crippen molar-refractivity contribution in [2.75, 3.05) is 20.3 Å². The summed E-state index contributed by atoms with van der Waals surface area (Å²) in [6, 6.07) is 0. The van der Waals surface area contributed by atoms with Crippen LogP contribution in [0, 0.1) is 0 Å². The standard InChI is InChI=1S/C10H22O4Si/c1-8(2)13-15(11-5,14-9(3)4)10-6-12-7-10/h8-10H,6-7H2,1-5H3. The molecule has 0 saturated carbocycles. The minimum absolute atomic E-state index is 0.121. The molecule has 1 fully saturated rings.